The molecule has 6 N–H and O–H groups in total. The highest BCUT2D eigenvalue weighted by Gasteiger charge is 2.70. The Morgan fingerprint density at radius 2 is 1.42 bits per heavy atom. The third-order valence-electron chi connectivity index (χ3n) is 5.59. The molecule has 0 fully saturated rings. The summed E-state index contributed by atoms with van der Waals surface area (Å²) in [6, 6.07) is 8.36. The number of esters is 1. The maximum Gasteiger partial charge on any atom is 0.354 e. The fourth-order valence-electron chi connectivity index (χ4n) is 3.36. The van der Waals surface area contributed by atoms with Gasteiger partial charge in [-0.05, 0) is 18.4 Å². The van der Waals surface area contributed by atoms with Gasteiger partial charge in [-0.25, -0.2) is 4.79 Å². The first-order chi connectivity index (χ1) is 15.5. The molecule has 0 saturated heterocycles. The summed E-state index contributed by atoms with van der Waals surface area (Å²) < 4.78 is 4.99. The summed E-state index contributed by atoms with van der Waals surface area (Å²) in [6.45, 7) is 3.62. The van der Waals surface area contributed by atoms with Crippen LogP contribution in [0.25, 0.3) is 0 Å². The Kier molecular flexibility index (Phi) is 12.0. The molecule has 1 atom stereocenters. The molecule has 0 aliphatic carbocycles. The van der Waals surface area contributed by atoms with Crippen LogP contribution in [0.4, 0.5) is 0 Å². The zero-order valence-corrected chi connectivity index (χ0v) is 19.6. The lowest BCUT2D eigenvalue weighted by molar-refractivity contribution is -0.397. The summed E-state index contributed by atoms with van der Waals surface area (Å²) in [4.78, 5) is 25.6. The maximum atomic E-state index is 12.8. The lowest BCUT2D eigenvalue weighted by Gasteiger charge is -2.43. The van der Waals surface area contributed by atoms with E-state index in [1.165, 1.54) is 0 Å². The van der Waals surface area contributed by atoms with Crippen molar-refractivity contribution in [3.63, 3.8) is 0 Å². The second-order valence-electron chi connectivity index (χ2n) is 8.39. The van der Waals surface area contributed by atoms with Crippen LogP contribution >= 0.6 is 0 Å². The molecule has 9 heteroatoms. The molecule has 0 aromatic heterocycles. The number of aliphatic hydroxyl groups is 5. The van der Waals surface area contributed by atoms with E-state index in [0.717, 1.165) is 32.1 Å². The first-order valence-corrected chi connectivity index (χ1v) is 11.7. The van der Waals surface area contributed by atoms with Gasteiger partial charge in [0.15, 0.2) is 0 Å². The number of ether oxygens (including phenoxy) is 1. The molecule has 1 unspecified atom stereocenters. The molecule has 0 aliphatic heterocycles. The minimum absolute atomic E-state index is 0.0396. The van der Waals surface area contributed by atoms with E-state index in [1.54, 1.807) is 30.3 Å². The summed E-state index contributed by atoms with van der Waals surface area (Å²) in [5.41, 5.74) is -3.16. The van der Waals surface area contributed by atoms with Gasteiger partial charge in [0.25, 0.3) is 11.7 Å². The van der Waals surface area contributed by atoms with Crippen LogP contribution in [0.2, 0.25) is 0 Å². The molecular weight excluding hydrogens is 430 g/mol. The minimum Gasteiger partial charge on any atom is -0.458 e. The first-order valence-electron chi connectivity index (χ1n) is 11.7. The molecule has 1 amide bonds. The van der Waals surface area contributed by atoms with Crippen molar-refractivity contribution < 1.29 is 39.9 Å². The summed E-state index contributed by atoms with van der Waals surface area (Å²) in [5.74, 6) is -10.5. The van der Waals surface area contributed by atoms with Crippen molar-refractivity contribution in [2.24, 2.45) is 0 Å². The highest BCUT2D eigenvalue weighted by Crippen LogP contribution is 2.35. The van der Waals surface area contributed by atoms with Gasteiger partial charge in [0, 0.05) is 13.0 Å². The Labute approximate surface area is 195 Å². The van der Waals surface area contributed by atoms with Crippen molar-refractivity contribution >= 4 is 11.9 Å². The third-order valence-corrected chi connectivity index (χ3v) is 5.59. The molecular formula is C24H39NO8. The molecule has 188 valence electrons. The molecule has 9 nitrogen and oxygen atoms in total. The van der Waals surface area contributed by atoms with Gasteiger partial charge in [-0.15, -0.1) is 0 Å². The second kappa shape index (κ2) is 13.6. The third kappa shape index (κ3) is 7.75. The number of hydrogen-bond donors (Lipinski definition) is 6. The molecule has 0 saturated carbocycles. The molecule has 0 aliphatic rings. The smallest absolute Gasteiger partial charge is 0.354 e. The van der Waals surface area contributed by atoms with Crippen LogP contribution in [0.1, 0.15) is 77.2 Å². The van der Waals surface area contributed by atoms with Crippen molar-refractivity contribution in [1.82, 2.24) is 5.32 Å². The zero-order chi connectivity index (χ0) is 25.0. The zero-order valence-electron chi connectivity index (χ0n) is 19.6. The Morgan fingerprint density at radius 3 is 2.03 bits per heavy atom. The first kappa shape index (κ1) is 29.0. The number of carbonyl (C=O) groups excluding carboxylic acids is 2. The Bertz CT molecular complexity index is 722. The fourth-order valence-corrected chi connectivity index (χ4v) is 3.36. The highest BCUT2D eigenvalue weighted by atomic mass is 16.6. The van der Waals surface area contributed by atoms with E-state index in [4.69, 9.17) is 4.74 Å². The van der Waals surface area contributed by atoms with Crippen LogP contribution in [0.5, 0.6) is 0 Å². The van der Waals surface area contributed by atoms with Crippen LogP contribution in [0, 0.1) is 0 Å². The molecule has 33 heavy (non-hydrogen) atoms. The van der Waals surface area contributed by atoms with Gasteiger partial charge in [0.2, 0.25) is 5.79 Å². The normalized spacial score (nSPS) is 13.9. The molecule has 1 aromatic rings. The Balaban J connectivity index is 3.08. The minimum atomic E-state index is -3.94. The van der Waals surface area contributed by atoms with Crippen molar-refractivity contribution in [3.05, 3.63) is 35.9 Å². The summed E-state index contributed by atoms with van der Waals surface area (Å²) >= 11 is 0. The number of carbonyl (C=O) groups is 2. The van der Waals surface area contributed by atoms with E-state index in [1.807, 2.05) is 13.8 Å². The maximum absolute atomic E-state index is 12.8. The fraction of sp³-hybridized carbons (Fsp3) is 0.667. The highest BCUT2D eigenvalue weighted by molar-refractivity contribution is 6.07. The van der Waals surface area contributed by atoms with Gasteiger partial charge in [-0.3, -0.25) is 4.79 Å². The average molecular weight is 470 g/mol. The number of benzene rings is 1. The molecule has 1 aromatic carbocycles. The van der Waals surface area contributed by atoms with E-state index < -0.39 is 35.5 Å². The van der Waals surface area contributed by atoms with Crippen LogP contribution < -0.4 is 5.32 Å². The number of rotatable bonds is 16. The van der Waals surface area contributed by atoms with Gasteiger partial charge < -0.3 is 35.6 Å². The van der Waals surface area contributed by atoms with Crippen molar-refractivity contribution in [2.75, 3.05) is 6.54 Å². The van der Waals surface area contributed by atoms with E-state index >= 15 is 0 Å². The Hall–Kier alpha value is -2.04. The number of nitrogens with one attached hydrogen (secondary N) is 1. The standard InChI is InChI=1S/C24H39NO8/c1-3-5-7-8-12-16-22(28,29)24(31,32)23(30,20(26)25-17-13-6-4-2)21(27)33-18-19-14-10-9-11-15-19/h9-11,14-15,28-32H,3-8,12-13,16-18H2,1-2H3,(H,25,26). The van der Waals surface area contributed by atoms with Gasteiger partial charge in [-0.1, -0.05) is 82.7 Å². The predicted octanol–water partition coefficient (Wildman–Crippen LogP) is 1.49. The van der Waals surface area contributed by atoms with Crippen LogP contribution in [0.3, 0.4) is 0 Å². The number of unbranched alkanes of at least 4 members (excludes halogenated alkanes) is 6. The van der Waals surface area contributed by atoms with Crippen molar-refractivity contribution in [2.45, 2.75) is 95.4 Å². The lowest BCUT2D eigenvalue weighted by Crippen LogP contribution is -2.76. The van der Waals surface area contributed by atoms with E-state index in [2.05, 4.69) is 5.32 Å². The molecule has 0 radical (unpaired) electrons. The average Bonchev–Trinajstić information content (AvgIpc) is 2.79. The topological polar surface area (TPSA) is 157 Å². The molecule has 0 spiro atoms. The summed E-state index contributed by atoms with van der Waals surface area (Å²) in [5, 5.41) is 55.4. The van der Waals surface area contributed by atoms with E-state index in [-0.39, 0.29) is 19.6 Å². The second-order valence-corrected chi connectivity index (χ2v) is 8.39. The van der Waals surface area contributed by atoms with Crippen LogP contribution in [-0.4, -0.2) is 61.1 Å². The lowest BCUT2D eigenvalue weighted by atomic mass is 9.82. The Morgan fingerprint density at radius 1 is 0.848 bits per heavy atom. The molecule has 0 heterocycles. The van der Waals surface area contributed by atoms with Gasteiger partial charge >= 0.3 is 11.6 Å². The predicted molar refractivity (Wildman–Crippen MR) is 121 cm³/mol. The van der Waals surface area contributed by atoms with E-state index in [0.29, 0.717) is 18.4 Å². The van der Waals surface area contributed by atoms with Crippen LogP contribution in [0.15, 0.2) is 30.3 Å². The number of amides is 1. The largest absolute Gasteiger partial charge is 0.458 e. The van der Waals surface area contributed by atoms with Crippen molar-refractivity contribution in [1.29, 1.82) is 0 Å². The van der Waals surface area contributed by atoms with Gasteiger partial charge in [-0.2, -0.15) is 0 Å². The monoisotopic (exact) mass is 469 g/mol. The summed E-state index contributed by atoms with van der Waals surface area (Å²) in [6.07, 6.45) is 4.93. The quantitative estimate of drug-likeness (QED) is 0.0920. The number of hydrogen-bond acceptors (Lipinski definition) is 8. The van der Waals surface area contributed by atoms with E-state index in [9.17, 15) is 35.1 Å². The van der Waals surface area contributed by atoms with Gasteiger partial charge in [0.1, 0.15) is 6.61 Å². The molecule has 0 bridgehead atoms. The van der Waals surface area contributed by atoms with Crippen LogP contribution in [-0.2, 0) is 20.9 Å². The molecule has 1 rings (SSSR count). The van der Waals surface area contributed by atoms with Crippen molar-refractivity contribution in [3.8, 4) is 0 Å². The SMILES string of the molecule is CCCCCCCC(O)(O)C(O)(O)C(O)(C(=O)NCCCCC)C(=O)OCc1ccccc1. The summed E-state index contributed by atoms with van der Waals surface area (Å²) in [7, 11) is 0. The van der Waals surface area contributed by atoms with Gasteiger partial charge in [0.05, 0.1) is 0 Å².